The molecule has 1 spiro atoms. The Balaban J connectivity index is 1.37. The zero-order chi connectivity index (χ0) is 16.6. The number of pyridine rings is 1. The number of fused-ring (bicyclic) bond motifs is 1. The first-order chi connectivity index (χ1) is 11.7. The molecule has 2 fully saturated rings. The summed E-state index contributed by atoms with van der Waals surface area (Å²) >= 11 is 0. The van der Waals surface area contributed by atoms with Crippen molar-refractivity contribution >= 4 is 11.6 Å². The molecule has 1 amide bonds. The number of amides is 1. The van der Waals surface area contributed by atoms with E-state index < -0.39 is 0 Å². The predicted octanol–water partition coefficient (Wildman–Crippen LogP) is 2.65. The second-order valence-electron chi connectivity index (χ2n) is 7.13. The van der Waals surface area contributed by atoms with Gasteiger partial charge in [-0.2, -0.15) is 0 Å². The van der Waals surface area contributed by atoms with Gasteiger partial charge >= 0.3 is 0 Å². The maximum atomic E-state index is 12.4. The Morgan fingerprint density at radius 2 is 2.12 bits per heavy atom. The minimum atomic E-state index is -0.0711. The quantitative estimate of drug-likeness (QED) is 0.940. The normalized spacial score (nSPS) is 23.0. The van der Waals surface area contributed by atoms with Gasteiger partial charge in [-0.1, -0.05) is 19.3 Å². The van der Waals surface area contributed by atoms with Crippen LogP contribution in [0.1, 0.15) is 61.1 Å². The molecular weight excluding hydrogens is 304 g/mol. The molecule has 3 heterocycles. The smallest absolute Gasteiger partial charge is 0.252 e. The fourth-order valence-corrected chi connectivity index (χ4v) is 4.05. The molecule has 0 unspecified atom stereocenters. The first-order valence-electron chi connectivity index (χ1n) is 8.93. The number of rotatable bonds is 3. The second kappa shape index (κ2) is 6.16. The summed E-state index contributed by atoms with van der Waals surface area (Å²) in [6.07, 6.45) is 10.4. The average molecular weight is 328 g/mol. The summed E-state index contributed by atoms with van der Waals surface area (Å²) in [6, 6.07) is 3.61. The largest absolute Gasteiger partial charge is 0.370 e. The zero-order valence-electron chi connectivity index (χ0n) is 14.1. The number of carbonyl (C=O) groups is 1. The van der Waals surface area contributed by atoms with Crippen LogP contribution in [0, 0.1) is 6.92 Å². The summed E-state index contributed by atoms with van der Waals surface area (Å²) in [5.74, 6) is 0.705. The van der Waals surface area contributed by atoms with Crippen LogP contribution in [0.15, 0.2) is 18.3 Å². The molecule has 6 nitrogen and oxygen atoms in total. The van der Waals surface area contributed by atoms with Gasteiger partial charge in [-0.05, 0) is 44.7 Å². The van der Waals surface area contributed by atoms with E-state index in [2.05, 4.69) is 15.5 Å². The summed E-state index contributed by atoms with van der Waals surface area (Å²) in [5, 5.41) is 11.1. The van der Waals surface area contributed by atoms with E-state index in [1.807, 2.05) is 17.4 Å². The van der Waals surface area contributed by atoms with E-state index in [0.29, 0.717) is 12.1 Å². The van der Waals surface area contributed by atoms with Crippen LogP contribution in [0.5, 0.6) is 0 Å². The van der Waals surface area contributed by atoms with Crippen LogP contribution in [0.25, 0.3) is 5.65 Å². The van der Waals surface area contributed by atoms with Crippen LogP contribution in [0.2, 0.25) is 0 Å². The lowest BCUT2D eigenvalue weighted by Gasteiger charge is -2.33. The van der Waals surface area contributed by atoms with E-state index in [4.69, 9.17) is 4.74 Å². The van der Waals surface area contributed by atoms with Crippen LogP contribution < -0.4 is 5.32 Å². The average Bonchev–Trinajstić information content (AvgIpc) is 3.17. The summed E-state index contributed by atoms with van der Waals surface area (Å²) in [5.41, 5.74) is 1.48. The number of nitrogens with one attached hydrogen (secondary N) is 1. The van der Waals surface area contributed by atoms with Crippen molar-refractivity contribution in [1.29, 1.82) is 0 Å². The van der Waals surface area contributed by atoms with Crippen LogP contribution in [-0.4, -0.2) is 38.8 Å². The number of hydrogen-bond donors (Lipinski definition) is 1. The molecule has 1 atom stereocenters. The molecule has 4 rings (SSSR count). The molecule has 128 valence electrons. The van der Waals surface area contributed by atoms with Gasteiger partial charge in [0.2, 0.25) is 0 Å². The van der Waals surface area contributed by atoms with Gasteiger partial charge in [0.25, 0.3) is 5.91 Å². The lowest BCUT2D eigenvalue weighted by atomic mass is 9.83. The van der Waals surface area contributed by atoms with Gasteiger partial charge in [0.05, 0.1) is 17.3 Å². The first-order valence-corrected chi connectivity index (χ1v) is 8.93. The van der Waals surface area contributed by atoms with E-state index >= 15 is 0 Å². The maximum absolute atomic E-state index is 12.4. The molecule has 0 aromatic carbocycles. The number of hydrogen-bond acceptors (Lipinski definition) is 4. The maximum Gasteiger partial charge on any atom is 0.252 e. The van der Waals surface area contributed by atoms with Crippen molar-refractivity contribution in [2.24, 2.45) is 0 Å². The van der Waals surface area contributed by atoms with Crippen LogP contribution >= 0.6 is 0 Å². The van der Waals surface area contributed by atoms with Crippen molar-refractivity contribution < 1.29 is 9.53 Å². The highest BCUT2D eigenvalue weighted by Crippen LogP contribution is 2.41. The summed E-state index contributed by atoms with van der Waals surface area (Å²) in [7, 11) is 0. The summed E-state index contributed by atoms with van der Waals surface area (Å²) in [4.78, 5) is 12.4. The molecule has 1 N–H and O–H groups in total. The van der Waals surface area contributed by atoms with E-state index in [1.54, 1.807) is 12.3 Å². The summed E-state index contributed by atoms with van der Waals surface area (Å²) < 4.78 is 8.14. The summed E-state index contributed by atoms with van der Waals surface area (Å²) in [6.45, 7) is 2.46. The zero-order valence-corrected chi connectivity index (χ0v) is 14.1. The number of carbonyl (C=O) groups excluding carboxylic acids is 1. The lowest BCUT2D eigenvalue weighted by molar-refractivity contribution is -0.0618. The third kappa shape index (κ3) is 2.90. The van der Waals surface area contributed by atoms with Crippen LogP contribution in [0.3, 0.4) is 0 Å². The third-order valence-electron chi connectivity index (χ3n) is 5.43. The highest BCUT2D eigenvalue weighted by Gasteiger charge is 2.40. The van der Waals surface area contributed by atoms with Gasteiger partial charge in [0.1, 0.15) is 5.82 Å². The van der Waals surface area contributed by atoms with Crippen molar-refractivity contribution in [3.05, 3.63) is 29.7 Å². The minimum absolute atomic E-state index is 0.0711. The Bertz CT molecular complexity index is 749. The van der Waals surface area contributed by atoms with Crippen molar-refractivity contribution in [2.45, 2.75) is 63.6 Å². The van der Waals surface area contributed by atoms with Gasteiger partial charge in [0, 0.05) is 12.7 Å². The molecule has 1 saturated heterocycles. The van der Waals surface area contributed by atoms with Gasteiger partial charge in [-0.25, -0.2) is 0 Å². The number of nitrogens with zero attached hydrogens (tertiary/aromatic N) is 3. The molecule has 1 aliphatic carbocycles. The Hall–Kier alpha value is -1.95. The fourth-order valence-electron chi connectivity index (χ4n) is 4.05. The van der Waals surface area contributed by atoms with Crippen molar-refractivity contribution in [2.75, 3.05) is 6.54 Å². The molecule has 24 heavy (non-hydrogen) atoms. The second-order valence-corrected chi connectivity index (χ2v) is 7.13. The third-order valence-corrected chi connectivity index (χ3v) is 5.43. The minimum Gasteiger partial charge on any atom is -0.370 e. The van der Waals surface area contributed by atoms with Crippen molar-refractivity contribution in [3.63, 3.8) is 0 Å². The predicted molar refractivity (Wildman–Crippen MR) is 90.0 cm³/mol. The fraction of sp³-hybridized carbons (Fsp3) is 0.611. The SMILES string of the molecule is Cc1nnc2ccc(C(=O)NC[C@@H]3CCC4(CCCCC4)O3)cn12. The van der Waals surface area contributed by atoms with Gasteiger partial charge in [0.15, 0.2) is 5.65 Å². The number of aromatic nitrogens is 3. The molecule has 2 aromatic rings. The van der Waals surface area contributed by atoms with Gasteiger partial charge < -0.3 is 10.1 Å². The molecule has 2 aliphatic rings. The Kier molecular flexibility index (Phi) is 4.00. The molecule has 0 radical (unpaired) electrons. The molecule has 1 aliphatic heterocycles. The highest BCUT2D eigenvalue weighted by molar-refractivity contribution is 5.94. The highest BCUT2D eigenvalue weighted by atomic mass is 16.5. The van der Waals surface area contributed by atoms with Crippen LogP contribution in [0.4, 0.5) is 0 Å². The topological polar surface area (TPSA) is 68.5 Å². The number of aryl methyl sites for hydroxylation is 1. The van der Waals surface area contributed by atoms with E-state index in [9.17, 15) is 4.79 Å². The first kappa shape index (κ1) is 15.6. The Morgan fingerprint density at radius 3 is 2.96 bits per heavy atom. The monoisotopic (exact) mass is 328 g/mol. The van der Waals surface area contributed by atoms with Crippen molar-refractivity contribution in [1.82, 2.24) is 19.9 Å². The van der Waals surface area contributed by atoms with E-state index in [0.717, 1.165) is 24.3 Å². The standard InChI is InChI=1S/C18H24N4O2/c1-13-20-21-16-6-5-14(12-22(13)16)17(23)19-11-15-7-10-18(24-15)8-3-2-4-9-18/h5-6,12,15H,2-4,7-11H2,1H3,(H,19,23)/t15-/m0/s1. The molecule has 0 bridgehead atoms. The molecular formula is C18H24N4O2. The Labute approximate surface area is 141 Å². The van der Waals surface area contributed by atoms with Crippen LogP contribution in [-0.2, 0) is 4.74 Å². The van der Waals surface area contributed by atoms with E-state index in [1.165, 1.54) is 32.1 Å². The number of ether oxygens (including phenoxy) is 1. The molecule has 6 heteroatoms. The molecule has 2 aromatic heterocycles. The van der Waals surface area contributed by atoms with Gasteiger partial charge in [-0.15, -0.1) is 10.2 Å². The molecule has 1 saturated carbocycles. The van der Waals surface area contributed by atoms with E-state index in [-0.39, 0.29) is 17.6 Å². The Morgan fingerprint density at radius 1 is 1.29 bits per heavy atom. The lowest BCUT2D eigenvalue weighted by Crippen LogP contribution is -2.36. The van der Waals surface area contributed by atoms with Gasteiger partial charge in [-0.3, -0.25) is 9.20 Å². The van der Waals surface area contributed by atoms with Crippen molar-refractivity contribution in [3.8, 4) is 0 Å².